The first kappa shape index (κ1) is 12.2. The molecule has 94 valence electrons. The Bertz CT molecular complexity index is 588. The van der Waals surface area contributed by atoms with E-state index in [4.69, 9.17) is 4.42 Å². The third kappa shape index (κ3) is 2.20. The SMILES string of the molecule is Cc1cc(-c2cccc([N+](=O)[O-])c2)oc1N(C)C. The Morgan fingerprint density at radius 1 is 1.28 bits per heavy atom. The summed E-state index contributed by atoms with van der Waals surface area (Å²) in [6, 6.07) is 8.31. The summed E-state index contributed by atoms with van der Waals surface area (Å²) in [6.07, 6.45) is 0. The number of hydrogen-bond donors (Lipinski definition) is 0. The van der Waals surface area contributed by atoms with Gasteiger partial charge in [0.1, 0.15) is 5.76 Å². The third-order valence-electron chi connectivity index (χ3n) is 2.64. The molecule has 0 aliphatic heterocycles. The van der Waals surface area contributed by atoms with Gasteiger partial charge in [-0.15, -0.1) is 0 Å². The lowest BCUT2D eigenvalue weighted by Crippen LogP contribution is -2.08. The highest BCUT2D eigenvalue weighted by Crippen LogP contribution is 2.31. The second-order valence-corrected chi connectivity index (χ2v) is 4.30. The minimum absolute atomic E-state index is 0.0629. The maximum Gasteiger partial charge on any atom is 0.270 e. The average molecular weight is 246 g/mol. The predicted molar refractivity (Wildman–Crippen MR) is 69.9 cm³/mol. The fourth-order valence-electron chi connectivity index (χ4n) is 1.83. The smallest absolute Gasteiger partial charge is 0.270 e. The molecule has 0 saturated heterocycles. The van der Waals surface area contributed by atoms with Gasteiger partial charge in [0.15, 0.2) is 5.88 Å². The van der Waals surface area contributed by atoms with Crippen LogP contribution in [0.3, 0.4) is 0 Å². The summed E-state index contributed by atoms with van der Waals surface area (Å²) in [7, 11) is 3.78. The first-order valence-electron chi connectivity index (χ1n) is 5.51. The number of hydrogen-bond acceptors (Lipinski definition) is 4. The molecule has 1 aromatic heterocycles. The maximum absolute atomic E-state index is 10.7. The highest BCUT2D eigenvalue weighted by molar-refractivity contribution is 5.65. The van der Waals surface area contributed by atoms with E-state index in [1.165, 1.54) is 12.1 Å². The van der Waals surface area contributed by atoms with Gasteiger partial charge in [0, 0.05) is 37.4 Å². The molecule has 2 aromatic rings. The molecule has 5 nitrogen and oxygen atoms in total. The molecule has 0 radical (unpaired) electrons. The first-order chi connectivity index (χ1) is 8.49. The molecule has 0 aliphatic carbocycles. The molecule has 1 heterocycles. The standard InChI is InChI=1S/C13H14N2O3/c1-9-7-12(18-13(9)14(2)3)10-5-4-6-11(8-10)15(16)17/h4-8H,1-3H3. The van der Waals surface area contributed by atoms with Gasteiger partial charge in [0.2, 0.25) is 0 Å². The molecule has 0 atom stereocenters. The van der Waals surface area contributed by atoms with Crippen molar-refractivity contribution in [1.82, 2.24) is 0 Å². The zero-order chi connectivity index (χ0) is 13.3. The summed E-state index contributed by atoms with van der Waals surface area (Å²) >= 11 is 0. The average Bonchev–Trinajstić information content (AvgIpc) is 2.71. The Kier molecular flexibility index (Phi) is 3.06. The number of anilines is 1. The summed E-state index contributed by atoms with van der Waals surface area (Å²) < 4.78 is 5.70. The number of furan rings is 1. The van der Waals surface area contributed by atoms with Crippen LogP contribution < -0.4 is 4.90 Å². The Hall–Kier alpha value is -2.30. The van der Waals surface area contributed by atoms with Crippen molar-refractivity contribution in [1.29, 1.82) is 0 Å². The monoisotopic (exact) mass is 246 g/mol. The van der Waals surface area contributed by atoms with Crippen LogP contribution in [0, 0.1) is 17.0 Å². The summed E-state index contributed by atoms with van der Waals surface area (Å²) in [5.74, 6) is 1.40. The second-order valence-electron chi connectivity index (χ2n) is 4.30. The van der Waals surface area contributed by atoms with Crippen molar-refractivity contribution in [2.75, 3.05) is 19.0 Å². The largest absolute Gasteiger partial charge is 0.440 e. The van der Waals surface area contributed by atoms with Crippen LogP contribution in [0.4, 0.5) is 11.6 Å². The van der Waals surface area contributed by atoms with Gasteiger partial charge in [0.05, 0.1) is 4.92 Å². The van der Waals surface area contributed by atoms with Crippen molar-refractivity contribution in [2.45, 2.75) is 6.92 Å². The van der Waals surface area contributed by atoms with E-state index >= 15 is 0 Å². The van der Waals surface area contributed by atoms with Gasteiger partial charge >= 0.3 is 0 Å². The number of nitro groups is 1. The molecule has 0 unspecified atom stereocenters. The fraction of sp³-hybridized carbons (Fsp3) is 0.231. The molecule has 0 aliphatic rings. The maximum atomic E-state index is 10.7. The van der Waals surface area contributed by atoms with Gasteiger partial charge in [-0.1, -0.05) is 12.1 Å². The molecule has 0 spiro atoms. The molecule has 2 rings (SSSR count). The summed E-state index contributed by atoms with van der Waals surface area (Å²) in [6.45, 7) is 1.94. The van der Waals surface area contributed by atoms with E-state index in [1.807, 2.05) is 32.0 Å². The molecule has 0 bridgehead atoms. The van der Waals surface area contributed by atoms with Crippen molar-refractivity contribution in [2.24, 2.45) is 0 Å². The number of nitro benzene ring substituents is 1. The van der Waals surface area contributed by atoms with Crippen molar-refractivity contribution in [3.05, 3.63) is 46.0 Å². The molecule has 0 amide bonds. The van der Waals surface area contributed by atoms with Crippen LogP contribution in [0.5, 0.6) is 0 Å². The minimum Gasteiger partial charge on any atom is -0.440 e. The van der Waals surface area contributed by atoms with E-state index in [2.05, 4.69) is 0 Å². The zero-order valence-corrected chi connectivity index (χ0v) is 10.5. The van der Waals surface area contributed by atoms with E-state index in [0.717, 1.165) is 11.4 Å². The van der Waals surface area contributed by atoms with Gasteiger partial charge in [-0.3, -0.25) is 10.1 Å². The van der Waals surface area contributed by atoms with Crippen LogP contribution in [-0.4, -0.2) is 19.0 Å². The van der Waals surface area contributed by atoms with Gasteiger partial charge in [-0.05, 0) is 13.0 Å². The van der Waals surface area contributed by atoms with Gasteiger partial charge in [-0.2, -0.15) is 0 Å². The summed E-state index contributed by atoms with van der Waals surface area (Å²) in [4.78, 5) is 12.2. The first-order valence-corrected chi connectivity index (χ1v) is 5.51. The van der Waals surface area contributed by atoms with E-state index in [-0.39, 0.29) is 5.69 Å². The van der Waals surface area contributed by atoms with Gasteiger partial charge < -0.3 is 9.32 Å². The van der Waals surface area contributed by atoms with Crippen molar-refractivity contribution >= 4 is 11.6 Å². The highest BCUT2D eigenvalue weighted by atomic mass is 16.6. The fourth-order valence-corrected chi connectivity index (χ4v) is 1.83. The lowest BCUT2D eigenvalue weighted by Gasteiger charge is -2.08. The van der Waals surface area contributed by atoms with Gasteiger partial charge in [0.25, 0.3) is 5.69 Å². The third-order valence-corrected chi connectivity index (χ3v) is 2.64. The number of non-ortho nitro benzene ring substituents is 1. The minimum atomic E-state index is -0.411. The van der Waals surface area contributed by atoms with Crippen LogP contribution in [0.1, 0.15) is 5.56 Å². The van der Waals surface area contributed by atoms with Gasteiger partial charge in [-0.25, -0.2) is 0 Å². The van der Waals surface area contributed by atoms with Crippen LogP contribution in [0.2, 0.25) is 0 Å². The zero-order valence-electron chi connectivity index (χ0n) is 10.5. The topological polar surface area (TPSA) is 59.5 Å². The number of aryl methyl sites for hydroxylation is 1. The molecule has 0 N–H and O–H groups in total. The highest BCUT2D eigenvalue weighted by Gasteiger charge is 2.13. The number of nitrogens with zero attached hydrogens (tertiary/aromatic N) is 2. The number of rotatable bonds is 3. The lowest BCUT2D eigenvalue weighted by atomic mass is 10.1. The molecule has 1 aromatic carbocycles. The van der Waals surface area contributed by atoms with Crippen molar-refractivity contribution in [3.63, 3.8) is 0 Å². The van der Waals surface area contributed by atoms with Crippen molar-refractivity contribution < 1.29 is 9.34 Å². The van der Waals surface area contributed by atoms with E-state index in [9.17, 15) is 10.1 Å². The van der Waals surface area contributed by atoms with Crippen LogP contribution in [0.15, 0.2) is 34.7 Å². The van der Waals surface area contributed by atoms with Crippen molar-refractivity contribution in [3.8, 4) is 11.3 Å². The van der Waals surface area contributed by atoms with Crippen LogP contribution >= 0.6 is 0 Å². The normalized spacial score (nSPS) is 10.4. The molecule has 0 saturated carbocycles. The Morgan fingerprint density at radius 2 is 2.00 bits per heavy atom. The Labute approximate surface area is 105 Å². The summed E-state index contributed by atoms with van der Waals surface area (Å²) in [5, 5.41) is 10.7. The molecule has 0 fully saturated rings. The Balaban J connectivity index is 2.45. The Morgan fingerprint density at radius 3 is 2.56 bits per heavy atom. The van der Waals surface area contributed by atoms with E-state index < -0.39 is 4.92 Å². The molecule has 18 heavy (non-hydrogen) atoms. The number of benzene rings is 1. The molecule has 5 heteroatoms. The predicted octanol–water partition coefficient (Wildman–Crippen LogP) is 3.23. The summed E-state index contributed by atoms with van der Waals surface area (Å²) in [5.41, 5.74) is 1.77. The van der Waals surface area contributed by atoms with Crippen LogP contribution in [-0.2, 0) is 0 Å². The lowest BCUT2D eigenvalue weighted by molar-refractivity contribution is -0.384. The van der Waals surface area contributed by atoms with Crippen LogP contribution in [0.25, 0.3) is 11.3 Å². The second kappa shape index (κ2) is 4.52. The molecular formula is C13H14N2O3. The quantitative estimate of drug-likeness (QED) is 0.616. The van der Waals surface area contributed by atoms with E-state index in [1.54, 1.807) is 12.1 Å². The molecular weight excluding hydrogens is 232 g/mol. The van der Waals surface area contributed by atoms with E-state index in [0.29, 0.717) is 11.3 Å².